The Bertz CT molecular complexity index is 3760. The van der Waals surface area contributed by atoms with Crippen molar-refractivity contribution in [3.8, 4) is 44.5 Å². The van der Waals surface area contributed by atoms with Gasteiger partial charge in [0.25, 0.3) is 0 Å². The van der Waals surface area contributed by atoms with Crippen molar-refractivity contribution in [2.75, 3.05) is 26.4 Å². The zero-order valence-electron chi connectivity index (χ0n) is 45.7. The molecule has 4 aliphatic rings. The number of nitrogens with zero attached hydrogens (tertiary/aromatic N) is 4. The second kappa shape index (κ2) is 23.6. The molecule has 0 radical (unpaired) electrons. The second-order valence-electron chi connectivity index (χ2n) is 20.4. The van der Waals surface area contributed by atoms with Gasteiger partial charge >= 0.3 is 23.9 Å². The minimum Gasteiger partial charge on any atom is -0.462 e. The molecule has 82 heavy (non-hydrogen) atoms. The molecular weight excluding hydrogens is 1020 g/mol. The number of unbranched alkanes of at least 4 members (excludes halogenated alkanes) is 7. The van der Waals surface area contributed by atoms with Gasteiger partial charge in [-0.1, -0.05) is 184 Å². The summed E-state index contributed by atoms with van der Waals surface area (Å²) in [5.74, 6) is -1.51. The van der Waals surface area contributed by atoms with Crippen LogP contribution in [0.3, 0.4) is 0 Å². The van der Waals surface area contributed by atoms with Gasteiger partial charge in [-0.15, -0.1) is 20.4 Å². The Hall–Kier alpha value is -9.68. The third-order valence-electron chi connectivity index (χ3n) is 15.5. The van der Waals surface area contributed by atoms with Gasteiger partial charge in [-0.05, 0) is 73.2 Å². The molecular formula is C70H58N4O8. The number of benzene rings is 8. The van der Waals surface area contributed by atoms with Crippen LogP contribution in [0.1, 0.15) is 151 Å². The van der Waals surface area contributed by atoms with Gasteiger partial charge in [0.05, 0.1) is 48.7 Å². The van der Waals surface area contributed by atoms with E-state index in [-0.39, 0.29) is 37.1 Å². The van der Waals surface area contributed by atoms with E-state index >= 15 is 0 Å². The molecule has 12 nitrogen and oxygen atoms in total. The zero-order chi connectivity index (χ0) is 56.1. The number of rotatable bonds is 19. The van der Waals surface area contributed by atoms with E-state index in [2.05, 4.69) is 0 Å². The van der Waals surface area contributed by atoms with Crippen molar-refractivity contribution in [1.82, 2.24) is 0 Å². The first-order valence-corrected chi connectivity index (χ1v) is 28.3. The van der Waals surface area contributed by atoms with E-state index in [0.29, 0.717) is 58.3 Å². The number of hydrogen-bond acceptors (Lipinski definition) is 12. The Labute approximate surface area is 475 Å². The molecule has 0 aromatic heterocycles. The van der Waals surface area contributed by atoms with Crippen LogP contribution in [-0.2, 0) is 18.9 Å². The van der Waals surface area contributed by atoms with Crippen molar-refractivity contribution in [1.29, 1.82) is 0 Å². The summed E-state index contributed by atoms with van der Waals surface area (Å²) in [5.41, 5.74) is 18.0. The SMILES string of the molecule is CCOC(=O)c1cccc2c1-c1ccccc1C2=NN=C1c2ccccc2-c2c(C(=O)OCCCCCCCCCCOC(=O)c3cccc4c3-c3ccccc3C4=NN=C3c4ccccc4-c4c(C(=O)OCC)cccc43)cccc21. The van der Waals surface area contributed by atoms with Crippen molar-refractivity contribution >= 4 is 46.7 Å². The van der Waals surface area contributed by atoms with Gasteiger partial charge in [-0.25, -0.2) is 19.2 Å². The van der Waals surface area contributed by atoms with Gasteiger partial charge in [-0.3, -0.25) is 0 Å². The second-order valence-corrected chi connectivity index (χ2v) is 20.4. The van der Waals surface area contributed by atoms with Crippen LogP contribution in [0, 0.1) is 0 Å². The van der Waals surface area contributed by atoms with Crippen molar-refractivity contribution in [3.05, 3.63) is 237 Å². The minimum atomic E-state index is -0.382. The van der Waals surface area contributed by atoms with E-state index in [4.69, 9.17) is 39.4 Å². The average molecular weight is 1080 g/mol. The average Bonchev–Trinajstić information content (AvgIpc) is 4.16. The Morgan fingerprint density at radius 1 is 0.268 bits per heavy atom. The number of fused-ring (bicyclic) bond motifs is 12. The molecule has 0 spiro atoms. The van der Waals surface area contributed by atoms with E-state index in [9.17, 15) is 19.2 Å². The Balaban J connectivity index is 0.624. The molecule has 0 atom stereocenters. The van der Waals surface area contributed by atoms with E-state index in [1.807, 2.05) is 158 Å². The van der Waals surface area contributed by atoms with E-state index in [1.54, 1.807) is 26.0 Å². The maximum absolute atomic E-state index is 13.8. The fourth-order valence-electron chi connectivity index (χ4n) is 11.8. The van der Waals surface area contributed by atoms with Crippen LogP contribution in [0.15, 0.2) is 190 Å². The Morgan fingerprint density at radius 3 is 0.744 bits per heavy atom. The largest absolute Gasteiger partial charge is 0.462 e. The quantitative estimate of drug-likeness (QED) is 0.0335. The molecule has 406 valence electrons. The molecule has 0 unspecified atom stereocenters. The van der Waals surface area contributed by atoms with Crippen LogP contribution in [0.4, 0.5) is 0 Å². The molecule has 0 fully saturated rings. The molecule has 12 heteroatoms. The highest BCUT2D eigenvalue weighted by molar-refractivity contribution is 6.31. The maximum atomic E-state index is 13.8. The highest BCUT2D eigenvalue weighted by atomic mass is 16.5. The van der Waals surface area contributed by atoms with Gasteiger partial charge in [0.2, 0.25) is 0 Å². The monoisotopic (exact) mass is 1080 g/mol. The number of esters is 4. The molecule has 12 rings (SSSR count). The summed E-state index contributed by atoms with van der Waals surface area (Å²) in [5, 5.41) is 19.6. The van der Waals surface area contributed by atoms with Crippen LogP contribution in [0.5, 0.6) is 0 Å². The molecule has 0 bridgehead atoms. The highest BCUT2D eigenvalue weighted by Crippen LogP contribution is 2.44. The topological polar surface area (TPSA) is 155 Å². The van der Waals surface area contributed by atoms with E-state index in [1.165, 1.54) is 0 Å². The van der Waals surface area contributed by atoms with Gasteiger partial charge in [0, 0.05) is 66.8 Å². The maximum Gasteiger partial charge on any atom is 0.338 e. The standard InChI is InChI=1S/C70H58N4O8/c1-3-79-67(75)55-37-21-33-51-59(55)43-25-11-15-29-47(43)63(51)71-73-65-49-31-17-13-27-45(49)61-53(65)35-23-39-57(61)69(77)81-41-19-9-7-5-6-8-10-20-42-82-70(78)58-40-24-36-54-62(58)46-28-14-18-32-50(46)66(54)74-72-64-48-30-16-12-26-44(48)60-52(64)34-22-38-56(60)68(76)80-4-2/h11-18,21-40H,3-10,19-20,41-42H2,1-2H3. The van der Waals surface area contributed by atoms with Crippen molar-refractivity contribution in [3.63, 3.8) is 0 Å². The van der Waals surface area contributed by atoms with Crippen molar-refractivity contribution in [2.45, 2.75) is 65.2 Å². The van der Waals surface area contributed by atoms with Gasteiger partial charge in [0.1, 0.15) is 22.8 Å². The summed E-state index contributed by atoms with van der Waals surface area (Å²) in [7, 11) is 0. The zero-order valence-corrected chi connectivity index (χ0v) is 45.7. The molecule has 0 N–H and O–H groups in total. The fraction of sp³-hybridized carbons (Fsp3) is 0.200. The lowest BCUT2D eigenvalue weighted by molar-refractivity contribution is 0.0488. The predicted octanol–water partition coefficient (Wildman–Crippen LogP) is 14.7. The lowest BCUT2D eigenvalue weighted by atomic mass is 9.99. The van der Waals surface area contributed by atoms with Crippen LogP contribution < -0.4 is 0 Å². The van der Waals surface area contributed by atoms with Crippen LogP contribution in [0.2, 0.25) is 0 Å². The van der Waals surface area contributed by atoms with Gasteiger partial charge in [-0.2, -0.15) is 0 Å². The summed E-state index contributed by atoms with van der Waals surface area (Å²) >= 11 is 0. The normalized spacial score (nSPS) is 14.6. The van der Waals surface area contributed by atoms with Gasteiger partial charge in [0.15, 0.2) is 0 Å². The molecule has 8 aromatic rings. The first kappa shape index (κ1) is 53.0. The number of carbonyl (C=O) groups is 4. The molecule has 0 heterocycles. The lowest BCUT2D eigenvalue weighted by Gasteiger charge is -2.10. The third kappa shape index (κ3) is 9.84. The van der Waals surface area contributed by atoms with Crippen LogP contribution in [-0.4, -0.2) is 73.2 Å². The van der Waals surface area contributed by atoms with Crippen LogP contribution in [0.25, 0.3) is 44.5 Å². The number of carbonyl (C=O) groups excluding carboxylic acids is 4. The molecule has 0 aliphatic heterocycles. The molecule has 0 amide bonds. The first-order valence-electron chi connectivity index (χ1n) is 28.3. The van der Waals surface area contributed by atoms with Crippen molar-refractivity contribution in [2.24, 2.45) is 20.4 Å². The summed E-state index contributed by atoms with van der Waals surface area (Å²) in [4.78, 5) is 53.6. The number of ether oxygens (including phenoxy) is 4. The predicted molar refractivity (Wildman–Crippen MR) is 319 cm³/mol. The smallest absolute Gasteiger partial charge is 0.338 e. The third-order valence-corrected chi connectivity index (χ3v) is 15.5. The van der Waals surface area contributed by atoms with Gasteiger partial charge < -0.3 is 18.9 Å². The van der Waals surface area contributed by atoms with E-state index in [0.717, 1.165) is 140 Å². The molecule has 0 saturated carbocycles. The number of hydrogen-bond donors (Lipinski definition) is 0. The van der Waals surface area contributed by atoms with Crippen molar-refractivity contribution < 1.29 is 38.1 Å². The summed E-state index contributed by atoms with van der Waals surface area (Å²) < 4.78 is 22.6. The first-order chi connectivity index (χ1) is 40.4. The summed E-state index contributed by atoms with van der Waals surface area (Å²) in [6.07, 6.45) is 7.57. The minimum absolute atomic E-state index is 0.272. The Morgan fingerprint density at radius 2 is 0.488 bits per heavy atom. The summed E-state index contributed by atoms with van der Waals surface area (Å²) in [6.45, 7) is 4.77. The fourth-order valence-corrected chi connectivity index (χ4v) is 11.8. The molecule has 0 saturated heterocycles. The lowest BCUT2D eigenvalue weighted by Crippen LogP contribution is -2.09. The highest BCUT2D eigenvalue weighted by Gasteiger charge is 2.35. The summed E-state index contributed by atoms with van der Waals surface area (Å²) in [6, 6.07) is 54.0. The van der Waals surface area contributed by atoms with E-state index < -0.39 is 0 Å². The molecule has 8 aromatic carbocycles. The van der Waals surface area contributed by atoms with Crippen LogP contribution >= 0.6 is 0 Å². The molecule has 4 aliphatic carbocycles. The Kier molecular flexibility index (Phi) is 15.2.